The number of ether oxygens (including phenoxy) is 2. The van der Waals surface area contributed by atoms with Gasteiger partial charge in [-0.25, -0.2) is 0 Å². The second kappa shape index (κ2) is 8.64. The summed E-state index contributed by atoms with van der Waals surface area (Å²) >= 11 is 0. The van der Waals surface area contributed by atoms with Gasteiger partial charge in [0.1, 0.15) is 29.1 Å². The summed E-state index contributed by atoms with van der Waals surface area (Å²) in [6.45, 7) is 1.68. The number of fused-ring (bicyclic) bond motifs is 1. The molecule has 0 spiro atoms. The first-order valence-electron chi connectivity index (χ1n) is 10.9. The number of aromatic nitrogens is 1. The van der Waals surface area contributed by atoms with Gasteiger partial charge in [0, 0.05) is 17.2 Å². The monoisotopic (exact) mass is 470 g/mol. The van der Waals surface area contributed by atoms with E-state index in [2.05, 4.69) is 5.16 Å². The Hall–Kier alpha value is -4.59. The van der Waals surface area contributed by atoms with E-state index in [1.807, 2.05) is 30.3 Å². The molecule has 8 heteroatoms. The topological polar surface area (TPSA) is 102 Å². The molecule has 3 aromatic carbocycles. The van der Waals surface area contributed by atoms with E-state index >= 15 is 0 Å². The molecule has 35 heavy (non-hydrogen) atoms. The molecule has 0 radical (unpaired) electrons. The molecule has 0 aliphatic carbocycles. The SMILES string of the molecule is COc1ccc(OC)c([C@@H]2/C(=C(\O)c3ccc4ccccc4c3)C(=O)C(=O)N2c2cc(C)on2)c1. The van der Waals surface area contributed by atoms with Crippen molar-refractivity contribution >= 4 is 34.0 Å². The van der Waals surface area contributed by atoms with Crippen molar-refractivity contribution in [2.24, 2.45) is 0 Å². The van der Waals surface area contributed by atoms with Gasteiger partial charge in [0.2, 0.25) is 0 Å². The number of Topliss-reactive ketones (excluding diaryl/α,β-unsaturated/α-hetero) is 1. The van der Waals surface area contributed by atoms with E-state index in [1.54, 1.807) is 43.3 Å². The van der Waals surface area contributed by atoms with Gasteiger partial charge in [-0.15, -0.1) is 0 Å². The Labute approximate surface area is 201 Å². The molecule has 1 aromatic heterocycles. The van der Waals surface area contributed by atoms with Crippen LogP contribution in [0.5, 0.6) is 11.5 Å². The van der Waals surface area contributed by atoms with Crippen LogP contribution in [0.15, 0.2) is 76.8 Å². The number of aliphatic hydroxyl groups is 1. The molecule has 1 aliphatic rings. The smallest absolute Gasteiger partial charge is 0.301 e. The summed E-state index contributed by atoms with van der Waals surface area (Å²) in [5.41, 5.74) is 0.774. The van der Waals surface area contributed by atoms with E-state index in [1.165, 1.54) is 19.1 Å². The minimum absolute atomic E-state index is 0.0857. The zero-order chi connectivity index (χ0) is 24.7. The van der Waals surface area contributed by atoms with Crippen LogP contribution in [0.4, 0.5) is 5.82 Å². The third-order valence-electron chi connectivity index (χ3n) is 6.06. The summed E-state index contributed by atoms with van der Waals surface area (Å²) in [4.78, 5) is 27.9. The number of ketones is 1. The highest BCUT2D eigenvalue weighted by Crippen LogP contribution is 2.45. The Bertz CT molecular complexity index is 1500. The average Bonchev–Trinajstić information content (AvgIpc) is 3.42. The molecule has 4 aromatic rings. The lowest BCUT2D eigenvalue weighted by atomic mass is 9.93. The highest BCUT2D eigenvalue weighted by molar-refractivity contribution is 6.51. The molecule has 1 amide bonds. The van der Waals surface area contributed by atoms with Gasteiger partial charge < -0.3 is 19.1 Å². The Morgan fingerprint density at radius 3 is 2.43 bits per heavy atom. The number of methoxy groups -OCH3 is 2. The van der Waals surface area contributed by atoms with Gasteiger partial charge in [-0.1, -0.05) is 41.6 Å². The van der Waals surface area contributed by atoms with E-state index in [4.69, 9.17) is 14.0 Å². The van der Waals surface area contributed by atoms with Crippen LogP contribution in [0.2, 0.25) is 0 Å². The van der Waals surface area contributed by atoms with Crippen LogP contribution in [0.1, 0.15) is 22.9 Å². The number of nitrogens with zero attached hydrogens (tertiary/aromatic N) is 2. The number of hydrogen-bond acceptors (Lipinski definition) is 7. The van der Waals surface area contributed by atoms with E-state index in [-0.39, 0.29) is 17.2 Å². The van der Waals surface area contributed by atoms with Crippen molar-refractivity contribution in [1.29, 1.82) is 0 Å². The summed E-state index contributed by atoms with van der Waals surface area (Å²) in [5, 5.41) is 17.3. The zero-order valence-corrected chi connectivity index (χ0v) is 19.3. The quantitative estimate of drug-likeness (QED) is 0.254. The van der Waals surface area contributed by atoms with Gasteiger partial charge in [0.15, 0.2) is 5.82 Å². The molecule has 0 unspecified atom stereocenters. The van der Waals surface area contributed by atoms with Crippen molar-refractivity contribution in [1.82, 2.24) is 5.16 Å². The summed E-state index contributed by atoms with van der Waals surface area (Å²) < 4.78 is 16.1. The number of hydrogen-bond donors (Lipinski definition) is 1. The van der Waals surface area contributed by atoms with E-state index in [0.717, 1.165) is 10.8 Å². The van der Waals surface area contributed by atoms with Crippen LogP contribution in [-0.2, 0) is 9.59 Å². The van der Waals surface area contributed by atoms with Gasteiger partial charge >= 0.3 is 5.91 Å². The molecule has 0 saturated carbocycles. The number of aliphatic hydroxyl groups excluding tert-OH is 1. The second-order valence-electron chi connectivity index (χ2n) is 8.13. The summed E-state index contributed by atoms with van der Waals surface area (Å²) in [5.74, 6) is -0.459. The molecule has 176 valence electrons. The third kappa shape index (κ3) is 3.69. The zero-order valence-electron chi connectivity index (χ0n) is 19.3. The number of aryl methyl sites for hydroxylation is 1. The molecule has 1 atom stereocenters. The summed E-state index contributed by atoms with van der Waals surface area (Å²) in [6, 6.07) is 18.6. The Balaban J connectivity index is 1.78. The molecular formula is C27H22N2O6. The maximum Gasteiger partial charge on any atom is 0.301 e. The molecule has 1 fully saturated rings. The Morgan fingerprint density at radius 1 is 0.971 bits per heavy atom. The predicted molar refractivity (Wildman–Crippen MR) is 130 cm³/mol. The van der Waals surface area contributed by atoms with Crippen LogP contribution in [-0.4, -0.2) is 36.2 Å². The number of anilines is 1. The van der Waals surface area contributed by atoms with Gasteiger partial charge in [-0.2, -0.15) is 0 Å². The van der Waals surface area contributed by atoms with Crippen LogP contribution in [0.3, 0.4) is 0 Å². The normalized spacial score (nSPS) is 17.2. The predicted octanol–water partition coefficient (Wildman–Crippen LogP) is 4.78. The molecule has 1 aliphatic heterocycles. The number of rotatable bonds is 5. The van der Waals surface area contributed by atoms with Gasteiger partial charge in [0.05, 0.1) is 19.8 Å². The van der Waals surface area contributed by atoms with Crippen molar-refractivity contribution in [2.45, 2.75) is 13.0 Å². The first-order chi connectivity index (χ1) is 16.9. The highest BCUT2D eigenvalue weighted by atomic mass is 16.5. The van der Waals surface area contributed by atoms with Crippen LogP contribution in [0, 0.1) is 6.92 Å². The summed E-state index contributed by atoms with van der Waals surface area (Å²) in [7, 11) is 3.00. The molecule has 5 rings (SSSR count). The van der Waals surface area contributed by atoms with Gasteiger partial charge in [-0.05, 0) is 42.0 Å². The lowest BCUT2D eigenvalue weighted by molar-refractivity contribution is -0.132. The molecule has 8 nitrogen and oxygen atoms in total. The fraction of sp³-hybridized carbons (Fsp3) is 0.148. The largest absolute Gasteiger partial charge is 0.507 e. The summed E-state index contributed by atoms with van der Waals surface area (Å²) in [6.07, 6.45) is 0. The van der Waals surface area contributed by atoms with Gasteiger partial charge in [-0.3, -0.25) is 14.5 Å². The van der Waals surface area contributed by atoms with Crippen molar-refractivity contribution in [3.8, 4) is 11.5 Å². The van der Waals surface area contributed by atoms with Gasteiger partial charge in [0.25, 0.3) is 5.78 Å². The molecule has 0 bridgehead atoms. The highest BCUT2D eigenvalue weighted by Gasteiger charge is 2.49. The third-order valence-corrected chi connectivity index (χ3v) is 6.06. The lowest BCUT2D eigenvalue weighted by Gasteiger charge is -2.24. The molecule has 1 saturated heterocycles. The van der Waals surface area contributed by atoms with E-state index in [9.17, 15) is 14.7 Å². The Morgan fingerprint density at radius 2 is 1.74 bits per heavy atom. The fourth-order valence-electron chi connectivity index (χ4n) is 4.38. The first kappa shape index (κ1) is 22.2. The van der Waals surface area contributed by atoms with Crippen LogP contribution < -0.4 is 14.4 Å². The Kier molecular flexibility index (Phi) is 5.49. The fourth-order valence-corrected chi connectivity index (χ4v) is 4.38. The molecule has 2 heterocycles. The average molecular weight is 470 g/mol. The van der Waals surface area contributed by atoms with E-state index in [0.29, 0.717) is 28.4 Å². The number of carbonyl (C=O) groups excluding carboxylic acids is 2. The van der Waals surface area contributed by atoms with Crippen molar-refractivity contribution in [2.75, 3.05) is 19.1 Å². The molecular weight excluding hydrogens is 448 g/mol. The van der Waals surface area contributed by atoms with Crippen molar-refractivity contribution in [3.05, 3.63) is 89.2 Å². The second-order valence-corrected chi connectivity index (χ2v) is 8.13. The maximum absolute atomic E-state index is 13.4. The van der Waals surface area contributed by atoms with Crippen LogP contribution >= 0.6 is 0 Å². The molecule has 1 N–H and O–H groups in total. The lowest BCUT2D eigenvalue weighted by Crippen LogP contribution is -2.30. The van der Waals surface area contributed by atoms with Crippen molar-refractivity contribution < 1.29 is 28.7 Å². The maximum atomic E-state index is 13.4. The number of carbonyl (C=O) groups is 2. The first-order valence-corrected chi connectivity index (χ1v) is 10.9. The standard InChI is InChI=1S/C27H22N2O6/c1-15-12-22(28-35-15)29-24(20-14-19(33-2)10-11-21(20)34-3)23(26(31)27(29)32)25(30)18-9-8-16-6-4-5-7-17(16)13-18/h4-14,24,30H,1-3H3/b25-23+/t24-/m1/s1. The minimum Gasteiger partial charge on any atom is -0.507 e. The van der Waals surface area contributed by atoms with Crippen molar-refractivity contribution in [3.63, 3.8) is 0 Å². The number of amides is 1. The van der Waals surface area contributed by atoms with Crippen LogP contribution in [0.25, 0.3) is 16.5 Å². The number of benzene rings is 3. The van der Waals surface area contributed by atoms with E-state index < -0.39 is 17.7 Å². The minimum atomic E-state index is -1.03.